The second-order valence-corrected chi connectivity index (χ2v) is 14.2. The van der Waals surface area contributed by atoms with E-state index in [0.29, 0.717) is 25.2 Å². The minimum atomic E-state index is -5.84. The van der Waals surface area contributed by atoms with Crippen LogP contribution in [0.2, 0.25) is 0 Å². The average Bonchev–Trinajstić information content (AvgIpc) is 3.53. The fourth-order valence-electron chi connectivity index (χ4n) is 8.71. The SMILES string of the molecule is CCC1(OC(=O)C2C3OC4C(OC(=O)C42)C3OC(=O)COCC(=O)OC(C)C(F)(F)S(=O)(=O)O)C2CC3CC(C2)CC1C3. The van der Waals surface area contributed by atoms with Crippen LogP contribution in [-0.4, -0.2) is 91.4 Å². The molecule has 7 aliphatic rings. The Morgan fingerprint density at radius 2 is 1.63 bits per heavy atom. The molecule has 7 unspecified atom stereocenters. The van der Waals surface area contributed by atoms with Crippen molar-refractivity contribution < 1.29 is 69.4 Å². The Morgan fingerprint density at radius 3 is 2.21 bits per heavy atom. The first-order valence-corrected chi connectivity index (χ1v) is 16.0. The van der Waals surface area contributed by atoms with Gasteiger partial charge in [-0.15, -0.1) is 0 Å². The number of carbonyl (C=O) groups is 4. The van der Waals surface area contributed by atoms with E-state index in [9.17, 15) is 36.4 Å². The van der Waals surface area contributed by atoms with Crippen molar-refractivity contribution >= 4 is 34.0 Å². The van der Waals surface area contributed by atoms with Crippen LogP contribution in [0.25, 0.3) is 0 Å². The molecule has 16 heteroatoms. The van der Waals surface area contributed by atoms with Crippen molar-refractivity contribution in [2.75, 3.05) is 13.2 Å². The highest BCUT2D eigenvalue weighted by molar-refractivity contribution is 7.86. The molecule has 3 saturated heterocycles. The Hall–Kier alpha value is -2.43. The monoisotopic (exact) mass is 636 g/mol. The molecule has 0 spiro atoms. The van der Waals surface area contributed by atoms with Crippen LogP contribution in [0.15, 0.2) is 0 Å². The molecule has 4 saturated carbocycles. The lowest BCUT2D eigenvalue weighted by atomic mass is 9.49. The van der Waals surface area contributed by atoms with Crippen LogP contribution < -0.4 is 0 Å². The van der Waals surface area contributed by atoms with Gasteiger partial charge in [-0.3, -0.25) is 14.1 Å². The van der Waals surface area contributed by atoms with Crippen molar-refractivity contribution in [2.24, 2.45) is 35.5 Å². The van der Waals surface area contributed by atoms with E-state index in [0.717, 1.165) is 25.7 Å². The molecule has 6 bridgehead atoms. The summed E-state index contributed by atoms with van der Waals surface area (Å²) in [5, 5.41) is -4.76. The first-order valence-electron chi connectivity index (χ1n) is 14.6. The zero-order valence-corrected chi connectivity index (χ0v) is 24.3. The molecule has 43 heavy (non-hydrogen) atoms. The summed E-state index contributed by atoms with van der Waals surface area (Å²) in [5.41, 5.74) is -0.605. The van der Waals surface area contributed by atoms with E-state index in [1.807, 2.05) is 6.92 Å². The fraction of sp³-hybridized carbons (Fsp3) is 0.852. The summed E-state index contributed by atoms with van der Waals surface area (Å²) < 4.78 is 89.6. The van der Waals surface area contributed by atoms with Crippen LogP contribution in [0, 0.1) is 35.5 Å². The van der Waals surface area contributed by atoms with Crippen molar-refractivity contribution in [2.45, 2.75) is 93.7 Å². The minimum absolute atomic E-state index is 0.264. The van der Waals surface area contributed by atoms with Crippen molar-refractivity contribution in [3.05, 3.63) is 0 Å². The molecule has 7 atom stereocenters. The first kappa shape index (κ1) is 30.6. The standard InChI is InChI=1S/C27H34F2O13S/c1-3-26(14-5-12-4-13(7-14)8-15(26)6-12)42-25(33)19-18-20-23(41-24(18)32)22(21(19)40-20)39-17(31)10-37-9-16(30)38-11(2)27(28,29)43(34,35)36/h11-15,18-23H,3-10H2,1-2H3,(H,34,35,36). The topological polar surface area (TPSA) is 178 Å². The normalized spacial score (nSPS) is 41.2. The highest BCUT2D eigenvalue weighted by atomic mass is 32.2. The highest BCUT2D eigenvalue weighted by Gasteiger charge is 2.73. The van der Waals surface area contributed by atoms with Gasteiger partial charge in [-0.05, 0) is 69.1 Å². The molecular weight excluding hydrogens is 602 g/mol. The van der Waals surface area contributed by atoms with Gasteiger partial charge in [-0.1, -0.05) is 6.92 Å². The maximum absolute atomic E-state index is 13.8. The molecule has 1 N–H and O–H groups in total. The molecule has 13 nitrogen and oxygen atoms in total. The van der Waals surface area contributed by atoms with E-state index in [1.54, 1.807) is 0 Å². The van der Waals surface area contributed by atoms with E-state index in [2.05, 4.69) is 4.74 Å². The van der Waals surface area contributed by atoms with Gasteiger partial charge in [-0.25, -0.2) is 9.59 Å². The number of hydrogen-bond donors (Lipinski definition) is 1. The van der Waals surface area contributed by atoms with E-state index in [-0.39, 0.29) is 11.8 Å². The Balaban J connectivity index is 1.06. The number of halogens is 2. The summed E-state index contributed by atoms with van der Waals surface area (Å²) in [7, 11) is -5.84. The lowest BCUT2D eigenvalue weighted by Crippen LogP contribution is -2.60. The molecule has 7 rings (SSSR count). The third-order valence-corrected chi connectivity index (χ3v) is 11.4. The Labute approximate surface area is 245 Å². The molecule has 3 aliphatic heterocycles. The smallest absolute Gasteiger partial charge is 0.405 e. The largest absolute Gasteiger partial charge is 0.458 e. The van der Waals surface area contributed by atoms with Crippen LogP contribution in [0.3, 0.4) is 0 Å². The molecule has 0 aromatic rings. The number of esters is 4. The fourth-order valence-corrected chi connectivity index (χ4v) is 9.17. The summed E-state index contributed by atoms with van der Waals surface area (Å²) in [5.74, 6) is -3.73. The Morgan fingerprint density at radius 1 is 1.02 bits per heavy atom. The van der Waals surface area contributed by atoms with Gasteiger partial charge < -0.3 is 28.4 Å². The van der Waals surface area contributed by atoms with Crippen LogP contribution >= 0.6 is 0 Å². The number of carbonyl (C=O) groups excluding carboxylic acids is 4. The lowest BCUT2D eigenvalue weighted by molar-refractivity contribution is -0.217. The van der Waals surface area contributed by atoms with Gasteiger partial charge in [0, 0.05) is 0 Å². The number of fused-ring (bicyclic) bond motifs is 1. The Bertz CT molecular complexity index is 1270. The number of ether oxygens (including phenoxy) is 6. The summed E-state index contributed by atoms with van der Waals surface area (Å²) in [4.78, 5) is 50.9. The van der Waals surface area contributed by atoms with Crippen molar-refractivity contribution in [3.8, 4) is 0 Å². The average molecular weight is 637 g/mol. The molecule has 0 amide bonds. The van der Waals surface area contributed by atoms with Gasteiger partial charge in [0.25, 0.3) is 0 Å². The first-order chi connectivity index (χ1) is 20.2. The quantitative estimate of drug-likeness (QED) is 0.196. The third-order valence-electron chi connectivity index (χ3n) is 10.4. The van der Waals surface area contributed by atoms with E-state index in [1.165, 1.54) is 6.42 Å². The number of hydrogen-bond acceptors (Lipinski definition) is 12. The van der Waals surface area contributed by atoms with Gasteiger partial charge in [0.1, 0.15) is 42.9 Å². The number of rotatable bonds is 11. The zero-order valence-electron chi connectivity index (χ0n) is 23.5. The van der Waals surface area contributed by atoms with Gasteiger partial charge in [0.05, 0.1) is 0 Å². The minimum Gasteiger partial charge on any atom is -0.458 e. The third kappa shape index (κ3) is 4.92. The molecular formula is C27H34F2O13S. The van der Waals surface area contributed by atoms with Crippen LogP contribution in [-0.2, 0) is 57.7 Å². The van der Waals surface area contributed by atoms with Crippen molar-refractivity contribution in [1.82, 2.24) is 0 Å². The van der Waals surface area contributed by atoms with Crippen molar-refractivity contribution in [1.29, 1.82) is 0 Å². The number of alkyl halides is 2. The van der Waals surface area contributed by atoms with Crippen LogP contribution in [0.5, 0.6) is 0 Å². The molecule has 3 heterocycles. The van der Waals surface area contributed by atoms with Crippen LogP contribution in [0.1, 0.15) is 52.4 Å². The summed E-state index contributed by atoms with van der Waals surface area (Å²) >= 11 is 0. The van der Waals surface area contributed by atoms with E-state index < -0.39 is 100 Å². The summed E-state index contributed by atoms with van der Waals surface area (Å²) in [6.45, 7) is 0.703. The van der Waals surface area contributed by atoms with Gasteiger partial charge in [0.15, 0.2) is 18.3 Å². The zero-order chi connectivity index (χ0) is 31.1. The van der Waals surface area contributed by atoms with Crippen molar-refractivity contribution in [3.63, 3.8) is 0 Å². The predicted octanol–water partition coefficient (Wildman–Crippen LogP) is 1.41. The molecule has 0 radical (unpaired) electrons. The molecule has 4 aliphatic carbocycles. The predicted molar refractivity (Wildman–Crippen MR) is 134 cm³/mol. The van der Waals surface area contributed by atoms with Gasteiger partial charge in [0.2, 0.25) is 0 Å². The van der Waals surface area contributed by atoms with Gasteiger partial charge in [-0.2, -0.15) is 17.2 Å². The lowest BCUT2D eigenvalue weighted by Gasteiger charge is -2.60. The maximum atomic E-state index is 13.8. The molecule has 7 fully saturated rings. The molecule has 240 valence electrons. The second-order valence-electron chi connectivity index (χ2n) is 12.7. The van der Waals surface area contributed by atoms with E-state index in [4.69, 9.17) is 28.2 Å². The molecule has 0 aromatic heterocycles. The highest BCUT2D eigenvalue weighted by Crippen LogP contribution is 2.61. The molecule has 0 aromatic carbocycles. The Kier molecular flexibility index (Phi) is 7.53. The van der Waals surface area contributed by atoms with Crippen LogP contribution in [0.4, 0.5) is 8.78 Å². The van der Waals surface area contributed by atoms with Gasteiger partial charge >= 0.3 is 39.2 Å². The summed E-state index contributed by atoms with van der Waals surface area (Å²) in [6, 6.07) is 0. The maximum Gasteiger partial charge on any atom is 0.405 e. The second kappa shape index (κ2) is 10.6. The summed E-state index contributed by atoms with van der Waals surface area (Å²) in [6.07, 6.45) is -0.445. The van der Waals surface area contributed by atoms with E-state index >= 15 is 0 Å².